The van der Waals surface area contributed by atoms with E-state index in [9.17, 15) is 33.6 Å². The van der Waals surface area contributed by atoms with Crippen LogP contribution in [0, 0.1) is 5.82 Å². The summed E-state index contributed by atoms with van der Waals surface area (Å²) in [6.07, 6.45) is 5.77. The molecule has 1 aliphatic carbocycles. The maximum Gasteiger partial charge on any atom is 0.342 e. The molecule has 1 aromatic heterocycles. The van der Waals surface area contributed by atoms with Crippen molar-refractivity contribution in [2.75, 3.05) is 60.8 Å². The van der Waals surface area contributed by atoms with E-state index in [0.29, 0.717) is 57.4 Å². The van der Waals surface area contributed by atoms with Gasteiger partial charge in [-0.05, 0) is 56.7 Å². The van der Waals surface area contributed by atoms with Gasteiger partial charge in [0.25, 0.3) is 23.6 Å². The summed E-state index contributed by atoms with van der Waals surface area (Å²) in [5, 5.41) is 11.1. The number of halogens is 3. The van der Waals surface area contributed by atoms with Crippen LogP contribution in [-0.4, -0.2) is 126 Å². The van der Waals surface area contributed by atoms with Crippen molar-refractivity contribution in [2.45, 2.75) is 88.3 Å². The fourth-order valence-electron chi connectivity index (χ4n) is 9.04. The summed E-state index contributed by atoms with van der Waals surface area (Å²) in [6.45, 7) is 0.166. The summed E-state index contributed by atoms with van der Waals surface area (Å²) in [5.41, 5.74) is 0.568. The normalized spacial score (nSPS) is 20.2. The lowest BCUT2D eigenvalue weighted by Gasteiger charge is -2.32. The fraction of sp³-hybridized carbons (Fsp3) is 0.465. The molecule has 18 nitrogen and oxygen atoms in total. The highest BCUT2D eigenvalue weighted by atomic mass is 19.3. The van der Waals surface area contributed by atoms with Gasteiger partial charge in [-0.15, -0.1) is 0 Å². The van der Waals surface area contributed by atoms with Crippen LogP contribution >= 0.6 is 0 Å². The van der Waals surface area contributed by atoms with E-state index in [-0.39, 0.29) is 82.8 Å². The number of carbonyl (C=O) groups excluding carboxylic acids is 7. The van der Waals surface area contributed by atoms with Crippen LogP contribution in [0.15, 0.2) is 36.5 Å². The van der Waals surface area contributed by atoms with Gasteiger partial charge in [-0.1, -0.05) is 18.9 Å². The number of piperidine rings is 2. The third-order valence-corrected chi connectivity index (χ3v) is 12.4. The molecule has 0 radical (unpaired) electrons. The predicted molar refractivity (Wildman–Crippen MR) is 224 cm³/mol. The van der Waals surface area contributed by atoms with Crippen LogP contribution in [0.2, 0.25) is 0 Å². The lowest BCUT2D eigenvalue weighted by atomic mass is 10.0. The van der Waals surface area contributed by atoms with E-state index < -0.39 is 59.8 Å². The summed E-state index contributed by atoms with van der Waals surface area (Å²) in [4.78, 5) is 103. The Labute approximate surface area is 365 Å². The lowest BCUT2D eigenvalue weighted by Crippen LogP contribution is -2.54. The number of benzene rings is 2. The zero-order valence-corrected chi connectivity index (χ0v) is 35.2. The van der Waals surface area contributed by atoms with Gasteiger partial charge in [-0.25, -0.2) is 9.37 Å². The van der Waals surface area contributed by atoms with E-state index in [4.69, 9.17) is 4.74 Å². The van der Waals surface area contributed by atoms with Crippen molar-refractivity contribution in [2.24, 2.45) is 0 Å². The average Bonchev–Trinajstić information content (AvgIpc) is 3.89. The number of carbonyl (C=O) groups is 7. The Balaban J connectivity index is 0.835. The maximum atomic E-state index is 15.6. The number of methoxy groups -OCH3 is 1. The Morgan fingerprint density at radius 2 is 1.73 bits per heavy atom. The molecule has 5 aliphatic rings. The average molecular weight is 889 g/mol. The second-order valence-corrected chi connectivity index (χ2v) is 16.5. The summed E-state index contributed by atoms with van der Waals surface area (Å²) < 4.78 is 51.2. The fourth-order valence-corrected chi connectivity index (χ4v) is 9.04. The largest absolute Gasteiger partial charge is 0.495 e. The number of hydrogen-bond donors (Lipinski definition) is 4. The van der Waals surface area contributed by atoms with E-state index in [2.05, 4.69) is 31.2 Å². The number of amides is 7. The monoisotopic (exact) mass is 888 g/mol. The van der Waals surface area contributed by atoms with E-state index in [0.717, 1.165) is 28.7 Å². The summed E-state index contributed by atoms with van der Waals surface area (Å²) in [7, 11) is 2.58. The maximum absolute atomic E-state index is 15.6. The SMILES string of the molecule is COc1cc(C(=O)NC2CCN(C(=O)CCCNc3cccc4c3C(=O)N(C3CCC(=O)NC3=O)C4=O)CC2)c(F)cc1Nc1ncc2c(n1)N(C1CCCC1)CC(F)(F)C(=O)N2C. The number of nitrogens with zero attached hydrogens (tertiary/aromatic N) is 6. The molecule has 0 spiro atoms. The van der Waals surface area contributed by atoms with E-state index in [1.807, 2.05) is 0 Å². The van der Waals surface area contributed by atoms with Crippen molar-refractivity contribution in [1.82, 2.24) is 30.4 Å². The quantitative estimate of drug-likeness (QED) is 0.151. The zero-order valence-electron chi connectivity index (χ0n) is 35.2. The summed E-state index contributed by atoms with van der Waals surface area (Å²) in [6, 6.07) is 5.35. The summed E-state index contributed by atoms with van der Waals surface area (Å²) in [5.74, 6) is -8.94. The van der Waals surface area contributed by atoms with Gasteiger partial charge in [0.1, 0.15) is 23.3 Å². The molecule has 1 saturated carbocycles. The minimum Gasteiger partial charge on any atom is -0.495 e. The number of aromatic nitrogens is 2. The van der Waals surface area contributed by atoms with Crippen molar-refractivity contribution in [3.05, 3.63) is 59.0 Å². The first-order chi connectivity index (χ1) is 30.6. The highest BCUT2D eigenvalue weighted by molar-refractivity contribution is 6.25. The molecule has 2 aromatic carbocycles. The number of likely N-dealkylation sites (tertiary alicyclic amines) is 1. The molecule has 5 heterocycles. The third kappa shape index (κ3) is 8.49. The van der Waals surface area contributed by atoms with Crippen LogP contribution in [-0.2, 0) is 19.2 Å². The third-order valence-electron chi connectivity index (χ3n) is 12.4. The minimum atomic E-state index is -3.66. The Hall–Kier alpha value is -6.80. The van der Waals surface area contributed by atoms with Crippen molar-refractivity contribution in [1.29, 1.82) is 0 Å². The molecule has 2 saturated heterocycles. The molecule has 4 aliphatic heterocycles. The molecule has 21 heteroatoms. The van der Waals surface area contributed by atoms with Crippen LogP contribution < -0.4 is 35.8 Å². The Morgan fingerprint density at radius 3 is 2.45 bits per heavy atom. The number of nitrogens with one attached hydrogen (secondary N) is 4. The van der Waals surface area contributed by atoms with Crippen LogP contribution in [0.1, 0.15) is 95.3 Å². The van der Waals surface area contributed by atoms with Crippen LogP contribution in [0.5, 0.6) is 5.75 Å². The topological polar surface area (TPSA) is 216 Å². The highest BCUT2D eigenvalue weighted by Crippen LogP contribution is 2.40. The first kappa shape index (κ1) is 43.8. The van der Waals surface area contributed by atoms with E-state index >= 15 is 13.2 Å². The Kier molecular flexibility index (Phi) is 12.2. The van der Waals surface area contributed by atoms with Gasteiger partial charge in [0.05, 0.1) is 42.2 Å². The second-order valence-electron chi connectivity index (χ2n) is 16.5. The van der Waals surface area contributed by atoms with Gasteiger partial charge >= 0.3 is 5.92 Å². The molecule has 4 N–H and O–H groups in total. The molecule has 8 rings (SSSR count). The molecule has 0 bridgehead atoms. The van der Waals surface area contributed by atoms with Gasteiger partial charge in [-0.3, -0.25) is 43.8 Å². The molecular weight excluding hydrogens is 842 g/mol. The van der Waals surface area contributed by atoms with Crippen molar-refractivity contribution >= 4 is 70.2 Å². The van der Waals surface area contributed by atoms with Gasteiger partial charge < -0.3 is 35.4 Å². The number of ether oxygens (including phenoxy) is 1. The molecule has 64 heavy (non-hydrogen) atoms. The van der Waals surface area contributed by atoms with Crippen molar-refractivity contribution in [3.8, 4) is 5.75 Å². The van der Waals surface area contributed by atoms with Crippen molar-refractivity contribution < 1.29 is 51.5 Å². The molecular formula is C43H47F3N10O8. The first-order valence-corrected chi connectivity index (χ1v) is 21.3. The van der Waals surface area contributed by atoms with E-state index in [1.165, 1.54) is 37.4 Å². The number of rotatable bonds is 12. The molecule has 338 valence electrons. The first-order valence-electron chi connectivity index (χ1n) is 21.3. The Bertz CT molecular complexity index is 2420. The van der Waals surface area contributed by atoms with Crippen LogP contribution in [0.4, 0.5) is 42.0 Å². The zero-order chi connectivity index (χ0) is 45.4. The highest BCUT2D eigenvalue weighted by Gasteiger charge is 2.49. The molecule has 1 unspecified atom stereocenters. The number of alkyl halides is 2. The van der Waals surface area contributed by atoms with Gasteiger partial charge in [0, 0.05) is 63.4 Å². The van der Waals surface area contributed by atoms with Gasteiger partial charge in [0.15, 0.2) is 5.82 Å². The standard InChI is InChI=1S/C43H47F3N10O8/c1-53-31-21-48-42(52-36(31)55(24-7-3-4-8-24)22-43(45,46)41(53)63)50-29-20-27(44)26(19-32(29)64-2)37(59)49-23-14-17-54(18-15-23)34(58)11-6-16-47-28-10-5-9-25-35(28)40(62)56(39(25)61)30-12-13-33(57)51-38(30)60/h5,9-10,19-21,23-24,30,47H,3-4,6-8,11-18,22H2,1-2H3,(H,49,59)(H,48,50,52)(H,51,57,60). The van der Waals surface area contributed by atoms with Crippen LogP contribution in [0.25, 0.3) is 0 Å². The second kappa shape index (κ2) is 17.8. The summed E-state index contributed by atoms with van der Waals surface area (Å²) >= 11 is 0. The predicted octanol–water partition coefficient (Wildman–Crippen LogP) is 3.74. The van der Waals surface area contributed by atoms with Gasteiger partial charge in [0.2, 0.25) is 23.7 Å². The molecule has 7 amide bonds. The van der Waals surface area contributed by atoms with Gasteiger partial charge in [-0.2, -0.15) is 13.8 Å². The number of hydrogen-bond acceptors (Lipinski definition) is 13. The minimum absolute atomic E-state index is 0.0106. The lowest BCUT2D eigenvalue weighted by molar-refractivity contribution is -0.140. The molecule has 3 aromatic rings. The van der Waals surface area contributed by atoms with E-state index in [1.54, 1.807) is 17.0 Å². The smallest absolute Gasteiger partial charge is 0.342 e. The molecule has 3 fully saturated rings. The number of anilines is 5. The molecule has 1 atom stereocenters. The number of fused-ring (bicyclic) bond motifs is 2. The number of imide groups is 2. The van der Waals surface area contributed by atoms with Crippen LogP contribution in [0.3, 0.4) is 0 Å². The van der Waals surface area contributed by atoms with Crippen molar-refractivity contribution in [3.63, 3.8) is 0 Å². The Morgan fingerprint density at radius 1 is 0.984 bits per heavy atom.